The van der Waals surface area contributed by atoms with Crippen molar-refractivity contribution in [3.05, 3.63) is 35.4 Å². The molecule has 17 heavy (non-hydrogen) atoms. The second-order valence-corrected chi connectivity index (χ2v) is 4.95. The smallest absolute Gasteiger partial charge is 0.129 e. The largest absolute Gasteiger partial charge is 0.327 e. The zero-order valence-electron chi connectivity index (χ0n) is 9.96. The van der Waals surface area contributed by atoms with Gasteiger partial charge in [0, 0.05) is 11.6 Å². The number of rotatable bonds is 4. The van der Waals surface area contributed by atoms with Crippen molar-refractivity contribution in [2.75, 3.05) is 0 Å². The molecule has 0 radical (unpaired) electrons. The van der Waals surface area contributed by atoms with Gasteiger partial charge in [0.25, 0.3) is 0 Å². The van der Waals surface area contributed by atoms with Gasteiger partial charge in [-0.2, -0.15) is 0 Å². The van der Waals surface area contributed by atoms with E-state index in [9.17, 15) is 8.78 Å². The van der Waals surface area contributed by atoms with Crippen molar-refractivity contribution in [1.29, 1.82) is 0 Å². The first-order valence-electron chi connectivity index (χ1n) is 6.37. The fraction of sp³-hybridized carbons (Fsp3) is 0.571. The molecule has 1 atom stereocenters. The Balaban J connectivity index is 1.92. The van der Waals surface area contributed by atoms with Crippen LogP contribution in [0.5, 0.6) is 0 Å². The minimum atomic E-state index is -0.455. The fourth-order valence-electron chi connectivity index (χ4n) is 2.70. The molecule has 2 N–H and O–H groups in total. The standard InChI is InChI=1S/C14H19F2N/c15-12-6-3-7-13(16)11(12)8-9-14(17)10-4-1-2-5-10/h3,6-7,10,14H,1-2,4-5,8-9,17H2. The summed E-state index contributed by atoms with van der Waals surface area (Å²) in [5.41, 5.74) is 6.26. The molecule has 1 aromatic rings. The second-order valence-electron chi connectivity index (χ2n) is 4.95. The second kappa shape index (κ2) is 5.58. The first kappa shape index (κ1) is 12.5. The molecule has 0 heterocycles. The monoisotopic (exact) mass is 239 g/mol. The summed E-state index contributed by atoms with van der Waals surface area (Å²) >= 11 is 0. The first-order valence-corrected chi connectivity index (χ1v) is 6.37. The van der Waals surface area contributed by atoms with Crippen molar-refractivity contribution >= 4 is 0 Å². The molecule has 0 spiro atoms. The van der Waals surface area contributed by atoms with Crippen LogP contribution in [0.15, 0.2) is 18.2 Å². The van der Waals surface area contributed by atoms with Gasteiger partial charge in [-0.3, -0.25) is 0 Å². The third-order valence-corrected chi connectivity index (χ3v) is 3.79. The quantitative estimate of drug-likeness (QED) is 0.856. The minimum Gasteiger partial charge on any atom is -0.327 e. The van der Waals surface area contributed by atoms with E-state index >= 15 is 0 Å². The molecule has 1 fully saturated rings. The number of halogens is 2. The van der Waals surface area contributed by atoms with Gasteiger partial charge < -0.3 is 5.73 Å². The molecule has 0 saturated heterocycles. The van der Waals surface area contributed by atoms with Gasteiger partial charge in [-0.1, -0.05) is 18.9 Å². The molecule has 94 valence electrons. The lowest BCUT2D eigenvalue weighted by molar-refractivity contribution is 0.405. The van der Waals surface area contributed by atoms with E-state index in [1.54, 1.807) is 0 Å². The van der Waals surface area contributed by atoms with Gasteiger partial charge in [0.1, 0.15) is 11.6 Å². The highest BCUT2D eigenvalue weighted by Crippen LogP contribution is 2.28. The molecular formula is C14H19F2N. The molecule has 1 saturated carbocycles. The molecule has 1 aliphatic rings. The van der Waals surface area contributed by atoms with Crippen LogP contribution in [0.2, 0.25) is 0 Å². The average molecular weight is 239 g/mol. The van der Waals surface area contributed by atoms with Gasteiger partial charge >= 0.3 is 0 Å². The van der Waals surface area contributed by atoms with Gasteiger partial charge in [0.05, 0.1) is 0 Å². The lowest BCUT2D eigenvalue weighted by Crippen LogP contribution is -2.29. The first-order chi connectivity index (χ1) is 8.18. The Morgan fingerprint density at radius 2 is 1.76 bits per heavy atom. The van der Waals surface area contributed by atoms with E-state index < -0.39 is 11.6 Å². The Morgan fingerprint density at radius 3 is 2.35 bits per heavy atom. The van der Waals surface area contributed by atoms with E-state index in [1.807, 2.05) is 0 Å². The predicted octanol–water partition coefficient (Wildman–Crippen LogP) is 3.41. The van der Waals surface area contributed by atoms with Crippen molar-refractivity contribution in [2.24, 2.45) is 11.7 Å². The summed E-state index contributed by atoms with van der Waals surface area (Å²) in [7, 11) is 0. The Morgan fingerprint density at radius 1 is 1.18 bits per heavy atom. The molecule has 1 aliphatic carbocycles. The summed E-state index contributed by atoms with van der Waals surface area (Å²) in [5.74, 6) is -0.364. The Bertz CT molecular complexity index is 352. The van der Waals surface area contributed by atoms with Gasteiger partial charge in [0.2, 0.25) is 0 Å². The van der Waals surface area contributed by atoms with Crippen molar-refractivity contribution in [2.45, 2.75) is 44.6 Å². The highest BCUT2D eigenvalue weighted by molar-refractivity contribution is 5.19. The third-order valence-electron chi connectivity index (χ3n) is 3.79. The van der Waals surface area contributed by atoms with Crippen LogP contribution in [-0.2, 0) is 6.42 Å². The van der Waals surface area contributed by atoms with E-state index in [0.717, 1.165) is 0 Å². The summed E-state index contributed by atoms with van der Waals surface area (Å²) in [6.07, 6.45) is 5.89. The van der Waals surface area contributed by atoms with Crippen LogP contribution in [0.1, 0.15) is 37.7 Å². The van der Waals surface area contributed by atoms with E-state index in [2.05, 4.69) is 0 Å². The zero-order chi connectivity index (χ0) is 12.3. The lowest BCUT2D eigenvalue weighted by Gasteiger charge is -2.18. The average Bonchev–Trinajstić information content (AvgIpc) is 2.81. The van der Waals surface area contributed by atoms with Gasteiger partial charge in [-0.25, -0.2) is 8.78 Å². The molecule has 1 nitrogen and oxygen atoms in total. The van der Waals surface area contributed by atoms with E-state index in [1.165, 1.54) is 43.9 Å². The van der Waals surface area contributed by atoms with E-state index in [-0.39, 0.29) is 11.6 Å². The van der Waals surface area contributed by atoms with Crippen molar-refractivity contribution in [3.8, 4) is 0 Å². The highest BCUT2D eigenvalue weighted by Gasteiger charge is 2.22. The molecular weight excluding hydrogens is 220 g/mol. The third kappa shape index (κ3) is 3.03. The SMILES string of the molecule is NC(CCc1c(F)cccc1F)C1CCCC1. The maximum Gasteiger partial charge on any atom is 0.129 e. The van der Waals surface area contributed by atoms with Crippen LogP contribution < -0.4 is 5.73 Å². The van der Waals surface area contributed by atoms with Crippen LogP contribution >= 0.6 is 0 Å². The van der Waals surface area contributed by atoms with Crippen LogP contribution in [0.4, 0.5) is 8.78 Å². The number of hydrogen-bond donors (Lipinski definition) is 1. The summed E-state index contributed by atoms with van der Waals surface area (Å²) < 4.78 is 26.8. The van der Waals surface area contributed by atoms with Crippen molar-refractivity contribution in [1.82, 2.24) is 0 Å². The van der Waals surface area contributed by atoms with E-state index in [0.29, 0.717) is 18.8 Å². The summed E-state index contributed by atoms with van der Waals surface area (Å²) in [4.78, 5) is 0. The van der Waals surface area contributed by atoms with Gasteiger partial charge in [0.15, 0.2) is 0 Å². The summed E-state index contributed by atoms with van der Waals surface area (Å²) in [6, 6.07) is 4.08. The van der Waals surface area contributed by atoms with Crippen LogP contribution in [0, 0.1) is 17.6 Å². The maximum absolute atomic E-state index is 13.4. The molecule has 2 rings (SSSR count). The Hall–Kier alpha value is -0.960. The van der Waals surface area contributed by atoms with Crippen molar-refractivity contribution in [3.63, 3.8) is 0 Å². The minimum absolute atomic E-state index is 0.0801. The highest BCUT2D eigenvalue weighted by atomic mass is 19.1. The molecule has 3 heteroatoms. The number of benzene rings is 1. The lowest BCUT2D eigenvalue weighted by atomic mass is 9.93. The maximum atomic E-state index is 13.4. The Labute approximate surface area is 101 Å². The molecule has 0 aliphatic heterocycles. The predicted molar refractivity (Wildman–Crippen MR) is 64.6 cm³/mol. The van der Waals surface area contributed by atoms with Crippen LogP contribution in [0.3, 0.4) is 0 Å². The topological polar surface area (TPSA) is 26.0 Å². The summed E-state index contributed by atoms with van der Waals surface area (Å²) in [6.45, 7) is 0. The number of nitrogens with two attached hydrogens (primary N) is 1. The Kier molecular flexibility index (Phi) is 4.11. The van der Waals surface area contributed by atoms with Crippen LogP contribution in [-0.4, -0.2) is 6.04 Å². The van der Waals surface area contributed by atoms with Crippen molar-refractivity contribution < 1.29 is 8.78 Å². The normalized spacial score (nSPS) is 18.5. The van der Waals surface area contributed by atoms with Gasteiger partial charge in [-0.05, 0) is 43.7 Å². The molecule has 1 unspecified atom stereocenters. The number of hydrogen-bond acceptors (Lipinski definition) is 1. The van der Waals surface area contributed by atoms with Crippen LogP contribution in [0.25, 0.3) is 0 Å². The summed E-state index contributed by atoms with van der Waals surface area (Å²) in [5, 5.41) is 0. The molecule has 0 aromatic heterocycles. The molecule has 0 amide bonds. The van der Waals surface area contributed by atoms with E-state index in [4.69, 9.17) is 5.73 Å². The zero-order valence-corrected chi connectivity index (χ0v) is 9.96. The molecule has 1 aromatic carbocycles. The van der Waals surface area contributed by atoms with Gasteiger partial charge in [-0.15, -0.1) is 0 Å². The molecule has 0 bridgehead atoms. The fourth-order valence-corrected chi connectivity index (χ4v) is 2.70.